The smallest absolute Gasteiger partial charge is 0.349 e. The van der Waals surface area contributed by atoms with Crippen molar-refractivity contribution in [2.45, 2.75) is 132 Å². The van der Waals surface area contributed by atoms with Crippen molar-refractivity contribution in [2.75, 3.05) is 6.61 Å². The molecule has 1 N–H and O–H groups in total. The van der Waals surface area contributed by atoms with E-state index in [1.54, 1.807) is 34.6 Å². The van der Waals surface area contributed by atoms with Gasteiger partial charge >= 0.3 is 17.9 Å². The van der Waals surface area contributed by atoms with Crippen molar-refractivity contribution in [3.63, 3.8) is 0 Å². The lowest BCUT2D eigenvalue weighted by molar-refractivity contribution is -0.177. The highest BCUT2D eigenvalue weighted by atomic mass is 16.6. The lowest BCUT2D eigenvalue weighted by atomic mass is 9.87. The molecule has 0 fully saturated rings. The van der Waals surface area contributed by atoms with E-state index in [2.05, 4.69) is 65.8 Å². The molecule has 45 heavy (non-hydrogen) atoms. The summed E-state index contributed by atoms with van der Waals surface area (Å²) in [6.45, 7) is 21.1. The molecule has 0 amide bonds. The molecule has 248 valence electrons. The number of carbonyl (C=O) groups excluding carboxylic acids is 3. The van der Waals surface area contributed by atoms with Crippen molar-refractivity contribution in [1.29, 1.82) is 0 Å². The van der Waals surface area contributed by atoms with Crippen molar-refractivity contribution in [3.05, 3.63) is 74.5 Å². The summed E-state index contributed by atoms with van der Waals surface area (Å²) < 4.78 is 15.7. The van der Waals surface area contributed by atoms with E-state index < -0.39 is 29.1 Å². The number of hydrogen-bond donors (Lipinski definition) is 1. The Hall–Kier alpha value is -3.61. The molecule has 1 aliphatic heterocycles. The summed E-state index contributed by atoms with van der Waals surface area (Å²) in [6.07, 6.45) is 5.48. The second-order valence-electron chi connectivity index (χ2n) is 12.3. The first-order chi connectivity index (χ1) is 21.1. The number of rotatable bonds is 12. The molecule has 0 spiro atoms. The van der Waals surface area contributed by atoms with Gasteiger partial charge in [0, 0.05) is 0 Å². The fraction of sp³-hybridized carbons (Fsp3) is 0.553. The fourth-order valence-corrected chi connectivity index (χ4v) is 5.62. The highest BCUT2D eigenvalue weighted by molar-refractivity contribution is 6.20. The zero-order chi connectivity index (χ0) is 34.1. The number of aryl methyl sites for hydroxylation is 6. The predicted octanol–water partition coefficient (Wildman–Crippen LogP) is 7.78. The minimum atomic E-state index is -1.27. The molecule has 7 heteroatoms. The van der Waals surface area contributed by atoms with E-state index in [-0.39, 0.29) is 18.8 Å². The van der Waals surface area contributed by atoms with Gasteiger partial charge in [0.15, 0.2) is 11.4 Å². The Bertz CT molecular complexity index is 1360. The van der Waals surface area contributed by atoms with Crippen molar-refractivity contribution >= 4 is 23.5 Å². The van der Waals surface area contributed by atoms with Gasteiger partial charge in [-0.3, -0.25) is 4.79 Å². The molecule has 0 atom stereocenters. The molecular weight excluding hydrogens is 568 g/mol. The van der Waals surface area contributed by atoms with Gasteiger partial charge < -0.3 is 19.3 Å². The van der Waals surface area contributed by atoms with Gasteiger partial charge in [-0.15, -0.1) is 0 Å². The van der Waals surface area contributed by atoms with Gasteiger partial charge in [0.1, 0.15) is 5.57 Å². The Labute approximate surface area is 270 Å². The van der Waals surface area contributed by atoms with Crippen LogP contribution in [0.1, 0.15) is 121 Å². The summed E-state index contributed by atoms with van der Waals surface area (Å²) in [6, 6.07) is 8.59. The number of cyclic esters (lactones) is 1. The highest BCUT2D eigenvalue weighted by Crippen LogP contribution is 2.39. The molecule has 0 saturated heterocycles. The maximum atomic E-state index is 12.4. The van der Waals surface area contributed by atoms with Crippen molar-refractivity contribution in [1.82, 2.24) is 0 Å². The third-order valence-electron chi connectivity index (χ3n) is 8.26. The average Bonchev–Trinajstić information content (AvgIpc) is 3.21. The molecule has 3 rings (SSSR count). The molecule has 2 aromatic carbocycles. The number of aliphatic hydroxyl groups is 1. The van der Waals surface area contributed by atoms with Crippen molar-refractivity contribution in [3.8, 4) is 0 Å². The van der Waals surface area contributed by atoms with Gasteiger partial charge in [0.05, 0.1) is 13.0 Å². The van der Waals surface area contributed by atoms with Crippen LogP contribution in [0.4, 0.5) is 0 Å². The third kappa shape index (κ3) is 8.99. The molecule has 2 aromatic rings. The Morgan fingerprint density at radius 1 is 0.778 bits per heavy atom. The average molecular weight is 623 g/mol. The topological polar surface area (TPSA) is 99.1 Å². The lowest BCUT2D eigenvalue weighted by Crippen LogP contribution is -2.39. The molecule has 1 aliphatic rings. The van der Waals surface area contributed by atoms with E-state index in [1.807, 2.05) is 0 Å². The van der Waals surface area contributed by atoms with Gasteiger partial charge in [-0.05, 0) is 118 Å². The van der Waals surface area contributed by atoms with E-state index in [0.29, 0.717) is 5.57 Å². The second kappa shape index (κ2) is 16.1. The Balaban J connectivity index is 0.000000316. The summed E-state index contributed by atoms with van der Waals surface area (Å²) in [4.78, 5) is 36.5. The van der Waals surface area contributed by atoms with Gasteiger partial charge in [0.25, 0.3) is 0 Å². The Morgan fingerprint density at radius 2 is 1.22 bits per heavy atom. The van der Waals surface area contributed by atoms with Gasteiger partial charge in [-0.25, -0.2) is 9.59 Å². The monoisotopic (exact) mass is 622 g/mol. The molecule has 0 unspecified atom stereocenters. The van der Waals surface area contributed by atoms with Crippen LogP contribution in [0.2, 0.25) is 0 Å². The molecule has 0 radical (unpaired) electrons. The van der Waals surface area contributed by atoms with Crippen molar-refractivity contribution < 1.29 is 33.7 Å². The Kier molecular flexibility index (Phi) is 13.4. The van der Waals surface area contributed by atoms with E-state index >= 15 is 0 Å². The Morgan fingerprint density at radius 3 is 1.58 bits per heavy atom. The number of ether oxygens (including phenoxy) is 3. The fourth-order valence-electron chi connectivity index (χ4n) is 5.62. The van der Waals surface area contributed by atoms with Crippen LogP contribution in [0.15, 0.2) is 30.0 Å². The number of esters is 3. The molecule has 0 aliphatic carbocycles. The summed E-state index contributed by atoms with van der Waals surface area (Å²) in [7, 11) is 0. The van der Waals surface area contributed by atoms with Gasteiger partial charge in [0.2, 0.25) is 5.60 Å². The molecule has 1 heterocycles. The van der Waals surface area contributed by atoms with Crippen LogP contribution < -0.4 is 0 Å². The minimum absolute atomic E-state index is 0.0427. The highest BCUT2D eigenvalue weighted by Gasteiger charge is 2.42. The molecule has 7 nitrogen and oxygen atoms in total. The van der Waals surface area contributed by atoms with Gasteiger partial charge in [-0.2, -0.15) is 0 Å². The van der Waals surface area contributed by atoms with Crippen LogP contribution >= 0.6 is 0 Å². The van der Waals surface area contributed by atoms with Crippen LogP contribution in [0.5, 0.6) is 0 Å². The normalized spacial score (nSPS) is 14.1. The molecular formula is C38H54O7. The number of hydrogen-bond acceptors (Lipinski definition) is 7. The van der Waals surface area contributed by atoms with E-state index in [1.165, 1.54) is 22.3 Å². The predicted molar refractivity (Wildman–Crippen MR) is 179 cm³/mol. The van der Waals surface area contributed by atoms with Crippen LogP contribution in [0.3, 0.4) is 0 Å². The lowest BCUT2D eigenvalue weighted by Gasteiger charge is -2.23. The first-order valence-electron chi connectivity index (χ1n) is 16.5. The zero-order valence-electron chi connectivity index (χ0n) is 29.4. The van der Waals surface area contributed by atoms with E-state index in [4.69, 9.17) is 14.2 Å². The first kappa shape index (κ1) is 37.6. The first-order valence-corrected chi connectivity index (χ1v) is 16.5. The third-order valence-corrected chi connectivity index (χ3v) is 8.26. The summed E-state index contributed by atoms with van der Waals surface area (Å²) >= 11 is 0. The largest absolute Gasteiger partial charge is 0.507 e. The van der Waals surface area contributed by atoms with Gasteiger partial charge in [-0.1, -0.05) is 65.8 Å². The van der Waals surface area contributed by atoms with E-state index in [9.17, 15) is 19.5 Å². The maximum absolute atomic E-state index is 12.4. The maximum Gasteiger partial charge on any atom is 0.349 e. The number of benzene rings is 2. The number of aliphatic hydroxyl groups excluding tert-OH is 1. The second-order valence-corrected chi connectivity index (χ2v) is 12.3. The quantitative estimate of drug-likeness (QED) is 0.191. The molecule has 0 bridgehead atoms. The van der Waals surface area contributed by atoms with Crippen LogP contribution in [-0.4, -0.2) is 40.8 Å². The zero-order valence-corrected chi connectivity index (χ0v) is 29.4. The molecule has 0 aromatic heterocycles. The SMILES string of the molecule is CCOC(=O)C(C)(C)OC(=O)Cc1c(CC)cc(CC)cc1CC.CCc1cc(CC)c(C2=C(O)C(C)(C)OC2=O)c(CC)c1. The van der Waals surface area contributed by atoms with Crippen LogP contribution in [0, 0.1) is 0 Å². The van der Waals surface area contributed by atoms with Crippen LogP contribution in [-0.2, 0) is 73.5 Å². The summed E-state index contributed by atoms with van der Waals surface area (Å²) in [5, 5.41) is 10.4. The summed E-state index contributed by atoms with van der Waals surface area (Å²) in [5.41, 5.74) is 7.13. The summed E-state index contributed by atoms with van der Waals surface area (Å²) in [5.74, 6) is -1.31. The molecule has 0 saturated carbocycles. The van der Waals surface area contributed by atoms with Crippen LogP contribution in [0.25, 0.3) is 5.57 Å². The standard InChI is InChI=1S/C20H30O4.C18H24O3/c1-7-14-11-15(8-2)17(16(9-3)12-14)13-18(21)24-20(5,6)19(22)23-10-4;1-6-11-9-12(7-2)14(13(8-3)10-11)15-16(19)18(4,5)21-17(15)20/h11-12H,7-10,13H2,1-6H3;9-10,19H,6-8H2,1-5H3. The van der Waals surface area contributed by atoms with E-state index in [0.717, 1.165) is 60.8 Å². The van der Waals surface area contributed by atoms with Crippen molar-refractivity contribution in [2.24, 2.45) is 0 Å². The number of carbonyl (C=O) groups is 3. The minimum Gasteiger partial charge on any atom is -0.507 e.